The molecule has 49 heavy (non-hydrogen) atoms. The van der Waals surface area contributed by atoms with Crippen molar-refractivity contribution in [2.75, 3.05) is 29.5 Å². The normalized spacial score (nSPS) is 19.4. The van der Waals surface area contributed by atoms with Gasteiger partial charge in [-0.15, -0.1) is 6.42 Å². The molecule has 0 bridgehead atoms. The Kier molecular flexibility index (Phi) is 7.69. The minimum Gasteiger partial charge on any atom is -0.480 e. The Bertz CT molecular complexity index is 2130. The first-order valence-electron chi connectivity index (χ1n) is 16.5. The van der Waals surface area contributed by atoms with Crippen LogP contribution in [0.5, 0.6) is 5.75 Å². The maximum Gasteiger partial charge on any atom is 0.335 e. The van der Waals surface area contributed by atoms with Gasteiger partial charge in [0, 0.05) is 36.2 Å². The zero-order chi connectivity index (χ0) is 33.5. The van der Waals surface area contributed by atoms with Crippen LogP contribution in [0.3, 0.4) is 0 Å². The van der Waals surface area contributed by atoms with E-state index in [1.54, 1.807) is 6.07 Å². The van der Waals surface area contributed by atoms with Gasteiger partial charge in [-0.2, -0.15) is 0 Å². The fourth-order valence-electron chi connectivity index (χ4n) is 7.67. The fraction of sp³-hybridized carbons (Fsp3) is 0.167. The summed E-state index contributed by atoms with van der Waals surface area (Å²) in [6.07, 6.45) is 8.80. The van der Waals surface area contributed by atoms with E-state index in [1.807, 2.05) is 78.9 Å². The van der Waals surface area contributed by atoms with Gasteiger partial charge in [-0.25, -0.2) is 9.69 Å². The van der Waals surface area contributed by atoms with Crippen LogP contribution in [-0.2, 0) is 9.59 Å². The summed E-state index contributed by atoms with van der Waals surface area (Å²) < 4.78 is 5.85. The van der Waals surface area contributed by atoms with Crippen molar-refractivity contribution in [3.05, 3.63) is 143 Å². The lowest BCUT2D eigenvalue weighted by Crippen LogP contribution is -2.54. The minimum atomic E-state index is -0.781. The summed E-state index contributed by atoms with van der Waals surface area (Å²) >= 11 is 0. The number of nitrogens with zero attached hydrogens (tertiary/aromatic N) is 2. The molecule has 7 heteroatoms. The first kappa shape index (κ1) is 30.2. The molecule has 0 unspecified atom stereocenters. The number of carbonyl (C=O) groups is 3. The van der Waals surface area contributed by atoms with Crippen LogP contribution in [0.15, 0.2) is 115 Å². The number of imide groups is 2. The Morgan fingerprint density at radius 1 is 0.796 bits per heavy atom. The standard InChI is InChI=1S/C42H33N3O4/c1-2-23-49-38-18-17-29-15-9-10-16-31(29)34(38)26-37-40(46)43-42(48)45(41(37)47)30-24-35-32(27-11-5-3-6-12-27)19-21-44-22-20-33(36(25-30)39(35)44)28-13-7-4-8-14-28/h1,3-18,24-26,32-33H,19-23H2,(H,43,46,48)/b37-26+/t32-,33+. The van der Waals surface area contributed by atoms with Crippen molar-refractivity contribution in [3.63, 3.8) is 0 Å². The van der Waals surface area contributed by atoms with Crippen molar-refractivity contribution in [3.8, 4) is 18.1 Å². The topological polar surface area (TPSA) is 79.0 Å². The predicted molar refractivity (Wildman–Crippen MR) is 192 cm³/mol. The van der Waals surface area contributed by atoms with Gasteiger partial charge in [0.25, 0.3) is 11.8 Å². The summed E-state index contributed by atoms with van der Waals surface area (Å²) in [5.41, 5.74) is 6.49. The monoisotopic (exact) mass is 643 g/mol. The van der Waals surface area contributed by atoms with E-state index >= 15 is 0 Å². The average Bonchev–Trinajstić information content (AvgIpc) is 3.13. The Hall–Kier alpha value is -6.13. The number of hydrogen-bond acceptors (Lipinski definition) is 5. The first-order valence-corrected chi connectivity index (χ1v) is 16.5. The van der Waals surface area contributed by atoms with Gasteiger partial charge in [0.1, 0.15) is 17.9 Å². The third kappa shape index (κ3) is 5.32. The molecule has 3 aliphatic heterocycles. The summed E-state index contributed by atoms with van der Waals surface area (Å²) in [5.74, 6) is 1.59. The van der Waals surface area contributed by atoms with Crippen molar-refractivity contribution in [1.82, 2.24) is 5.32 Å². The molecule has 7 nitrogen and oxygen atoms in total. The van der Waals surface area contributed by atoms with Gasteiger partial charge in [0.15, 0.2) is 0 Å². The van der Waals surface area contributed by atoms with Crippen molar-refractivity contribution in [2.45, 2.75) is 24.7 Å². The lowest BCUT2D eigenvalue weighted by molar-refractivity contribution is -0.122. The van der Waals surface area contributed by atoms with Gasteiger partial charge in [-0.05, 0) is 70.1 Å². The molecule has 240 valence electrons. The van der Waals surface area contributed by atoms with Gasteiger partial charge >= 0.3 is 6.03 Å². The summed E-state index contributed by atoms with van der Waals surface area (Å²) in [5, 5.41) is 4.12. The average molecular weight is 644 g/mol. The minimum absolute atomic E-state index is 0.0132. The number of ether oxygens (including phenoxy) is 1. The van der Waals surface area contributed by atoms with Gasteiger partial charge in [-0.3, -0.25) is 14.9 Å². The maximum atomic E-state index is 14.5. The van der Waals surface area contributed by atoms with Crippen LogP contribution in [-0.4, -0.2) is 37.5 Å². The van der Waals surface area contributed by atoms with Crippen molar-refractivity contribution < 1.29 is 19.1 Å². The number of fused-ring (bicyclic) bond motifs is 1. The number of hydrogen-bond donors (Lipinski definition) is 1. The van der Waals surface area contributed by atoms with E-state index in [4.69, 9.17) is 11.2 Å². The number of barbiturate groups is 1. The number of urea groups is 1. The Morgan fingerprint density at radius 3 is 2.04 bits per heavy atom. The van der Waals surface area contributed by atoms with E-state index in [-0.39, 0.29) is 24.0 Å². The number of terminal acetylenes is 1. The van der Waals surface area contributed by atoms with Crippen LogP contribution in [0.1, 0.15) is 52.5 Å². The van der Waals surface area contributed by atoms with Crippen molar-refractivity contribution >= 4 is 46.1 Å². The number of carbonyl (C=O) groups excluding carboxylic acids is 3. The largest absolute Gasteiger partial charge is 0.480 e. The highest BCUT2D eigenvalue weighted by Gasteiger charge is 2.40. The number of amides is 4. The molecular weight excluding hydrogens is 610 g/mol. The van der Waals surface area contributed by atoms with E-state index < -0.39 is 17.8 Å². The van der Waals surface area contributed by atoms with Crippen LogP contribution in [0.2, 0.25) is 0 Å². The molecule has 5 aromatic rings. The quantitative estimate of drug-likeness (QED) is 0.119. The molecule has 0 aromatic heterocycles. The second-order valence-corrected chi connectivity index (χ2v) is 12.6. The van der Waals surface area contributed by atoms with Crippen LogP contribution in [0.4, 0.5) is 16.2 Å². The molecule has 0 aliphatic carbocycles. The van der Waals surface area contributed by atoms with Crippen LogP contribution in [0.25, 0.3) is 16.8 Å². The highest BCUT2D eigenvalue weighted by Crippen LogP contribution is 2.50. The van der Waals surface area contributed by atoms with Crippen molar-refractivity contribution in [2.24, 2.45) is 0 Å². The molecule has 3 aliphatic rings. The van der Waals surface area contributed by atoms with Crippen LogP contribution < -0.4 is 19.9 Å². The van der Waals surface area contributed by atoms with E-state index in [1.165, 1.54) is 22.9 Å². The van der Waals surface area contributed by atoms with Gasteiger partial charge in [-0.1, -0.05) is 96.9 Å². The Labute approximate surface area is 284 Å². The van der Waals surface area contributed by atoms with Crippen molar-refractivity contribution in [1.29, 1.82) is 0 Å². The smallest absolute Gasteiger partial charge is 0.335 e. The third-order valence-corrected chi connectivity index (χ3v) is 9.89. The second-order valence-electron chi connectivity index (χ2n) is 12.6. The molecule has 5 aromatic carbocycles. The third-order valence-electron chi connectivity index (χ3n) is 9.89. The van der Waals surface area contributed by atoms with Gasteiger partial charge in [0.2, 0.25) is 0 Å². The molecule has 1 fully saturated rings. The van der Waals surface area contributed by atoms with E-state index in [0.717, 1.165) is 52.7 Å². The highest BCUT2D eigenvalue weighted by atomic mass is 16.5. The number of rotatable bonds is 6. The van der Waals surface area contributed by atoms with E-state index in [2.05, 4.69) is 40.4 Å². The van der Waals surface area contributed by atoms with E-state index in [0.29, 0.717) is 17.0 Å². The first-order chi connectivity index (χ1) is 24.0. The molecule has 3 heterocycles. The summed E-state index contributed by atoms with van der Waals surface area (Å²) in [6, 6.07) is 35.2. The van der Waals surface area contributed by atoms with Crippen LogP contribution in [0, 0.1) is 12.3 Å². The van der Waals surface area contributed by atoms with Crippen LogP contribution >= 0.6 is 0 Å². The maximum absolute atomic E-state index is 14.5. The summed E-state index contributed by atoms with van der Waals surface area (Å²) in [4.78, 5) is 45.1. The summed E-state index contributed by atoms with van der Waals surface area (Å²) in [7, 11) is 0. The summed E-state index contributed by atoms with van der Waals surface area (Å²) in [6.45, 7) is 1.85. The van der Waals surface area contributed by atoms with Gasteiger partial charge in [0.05, 0.1) is 5.69 Å². The fourth-order valence-corrected chi connectivity index (χ4v) is 7.67. The zero-order valence-electron chi connectivity index (χ0n) is 26.8. The molecular formula is C42H33N3O4. The second kappa shape index (κ2) is 12.5. The molecule has 4 amide bonds. The molecule has 2 atom stereocenters. The lowest BCUT2D eigenvalue weighted by atomic mass is 9.76. The number of benzene rings is 5. The SMILES string of the molecule is C#CCOc1ccc2ccccc2c1/C=C1\C(=O)NC(=O)N(c2cc3c4c(c2)[C@H](c2ccccc2)CCN4CC[C@@H]3c2ccccc2)C1=O. The molecule has 1 saturated heterocycles. The number of anilines is 2. The molecule has 1 N–H and O–H groups in total. The molecule has 0 radical (unpaired) electrons. The Morgan fingerprint density at radius 2 is 1.41 bits per heavy atom. The Balaban J connectivity index is 1.29. The lowest BCUT2D eigenvalue weighted by Gasteiger charge is -2.44. The predicted octanol–water partition coefficient (Wildman–Crippen LogP) is 7.40. The molecule has 0 spiro atoms. The highest BCUT2D eigenvalue weighted by molar-refractivity contribution is 6.39. The molecule has 0 saturated carbocycles. The number of nitrogens with one attached hydrogen (secondary N) is 1. The zero-order valence-corrected chi connectivity index (χ0v) is 26.8. The van der Waals surface area contributed by atoms with E-state index in [9.17, 15) is 14.4 Å². The molecule has 8 rings (SSSR count). The van der Waals surface area contributed by atoms with Gasteiger partial charge < -0.3 is 9.64 Å².